The molecule has 3 atom stereocenters. The van der Waals surface area contributed by atoms with Gasteiger partial charge in [-0.3, -0.25) is 4.79 Å². The first kappa shape index (κ1) is 12.8. The lowest BCUT2D eigenvalue weighted by atomic mass is 10.1. The van der Waals surface area contributed by atoms with Crippen molar-refractivity contribution in [1.29, 1.82) is 0 Å². The normalized spacial score (nSPS) is 28.3. The van der Waals surface area contributed by atoms with Gasteiger partial charge in [-0.15, -0.1) is 11.8 Å². The Morgan fingerprint density at radius 3 is 2.60 bits per heavy atom. The van der Waals surface area contributed by atoms with Gasteiger partial charge >= 0.3 is 5.97 Å². The van der Waals surface area contributed by atoms with E-state index in [4.69, 9.17) is 9.84 Å². The van der Waals surface area contributed by atoms with Gasteiger partial charge in [0.2, 0.25) is 0 Å². The molecule has 1 saturated heterocycles. The van der Waals surface area contributed by atoms with Crippen LogP contribution in [0.2, 0.25) is 0 Å². The maximum absolute atomic E-state index is 10.9. The molecule has 1 aliphatic heterocycles. The van der Waals surface area contributed by atoms with Crippen LogP contribution in [0.1, 0.15) is 33.6 Å². The second-order valence-electron chi connectivity index (χ2n) is 4.48. The van der Waals surface area contributed by atoms with Crippen LogP contribution in [0.5, 0.6) is 0 Å². The summed E-state index contributed by atoms with van der Waals surface area (Å²) < 4.78 is 5.66. The van der Waals surface area contributed by atoms with E-state index in [1.54, 1.807) is 0 Å². The van der Waals surface area contributed by atoms with Crippen molar-refractivity contribution in [2.24, 2.45) is 5.92 Å². The van der Waals surface area contributed by atoms with E-state index in [9.17, 15) is 4.79 Å². The van der Waals surface area contributed by atoms with Crippen LogP contribution in [0, 0.1) is 5.92 Å². The zero-order valence-electron chi connectivity index (χ0n) is 9.60. The van der Waals surface area contributed by atoms with Crippen LogP contribution < -0.4 is 0 Å². The van der Waals surface area contributed by atoms with Crippen LogP contribution in [0.25, 0.3) is 0 Å². The zero-order valence-corrected chi connectivity index (χ0v) is 10.4. The molecule has 1 N–H and O–H groups in total. The average molecular weight is 232 g/mol. The van der Waals surface area contributed by atoms with E-state index < -0.39 is 5.97 Å². The molecule has 1 heterocycles. The number of thioether (sulfide) groups is 1. The van der Waals surface area contributed by atoms with Gasteiger partial charge in [0.05, 0.1) is 12.2 Å². The molecule has 88 valence electrons. The maximum atomic E-state index is 10.9. The summed E-state index contributed by atoms with van der Waals surface area (Å²) in [5.74, 6) is 0.270. The predicted molar refractivity (Wildman–Crippen MR) is 62.3 cm³/mol. The Bertz CT molecular complexity index is 218. The molecule has 3 unspecified atom stereocenters. The van der Waals surface area contributed by atoms with E-state index in [1.165, 1.54) is 11.8 Å². The van der Waals surface area contributed by atoms with E-state index >= 15 is 0 Å². The first-order valence-electron chi connectivity index (χ1n) is 5.50. The summed E-state index contributed by atoms with van der Waals surface area (Å²) in [7, 11) is 0. The Morgan fingerprint density at radius 1 is 1.53 bits per heavy atom. The highest BCUT2D eigenvalue weighted by Crippen LogP contribution is 2.27. The Hall–Kier alpha value is -0.220. The van der Waals surface area contributed by atoms with Crippen molar-refractivity contribution < 1.29 is 14.6 Å². The molecule has 15 heavy (non-hydrogen) atoms. The van der Waals surface area contributed by atoms with Crippen molar-refractivity contribution in [3.63, 3.8) is 0 Å². The van der Waals surface area contributed by atoms with Gasteiger partial charge in [0, 0.05) is 5.75 Å². The number of carboxylic acid groups (broad SMARTS) is 1. The Balaban J connectivity index is 2.31. The summed E-state index contributed by atoms with van der Waals surface area (Å²) in [4.78, 5) is 10.9. The highest BCUT2D eigenvalue weighted by atomic mass is 32.2. The molecule has 1 aliphatic rings. The molecule has 0 radical (unpaired) electrons. The Morgan fingerprint density at radius 2 is 2.20 bits per heavy atom. The van der Waals surface area contributed by atoms with Gasteiger partial charge in [-0.2, -0.15) is 0 Å². The smallest absolute Gasteiger partial charge is 0.316 e. The maximum Gasteiger partial charge on any atom is 0.316 e. The van der Waals surface area contributed by atoms with Crippen molar-refractivity contribution in [2.45, 2.75) is 51.1 Å². The van der Waals surface area contributed by atoms with Gasteiger partial charge in [0.1, 0.15) is 5.25 Å². The third-order valence-corrected chi connectivity index (χ3v) is 4.30. The SMILES string of the molecule is CC1CCC(CSC(C(=O)O)C(C)C)O1. The van der Waals surface area contributed by atoms with E-state index in [0.29, 0.717) is 6.10 Å². The quantitative estimate of drug-likeness (QED) is 0.790. The molecule has 0 aromatic heterocycles. The number of ether oxygens (including phenoxy) is 1. The molecular formula is C11H20O3S. The second kappa shape index (κ2) is 5.75. The molecule has 0 aliphatic carbocycles. The Kier molecular flexibility index (Phi) is 4.93. The molecule has 0 bridgehead atoms. The number of rotatable bonds is 5. The summed E-state index contributed by atoms with van der Waals surface area (Å²) in [6, 6.07) is 0. The second-order valence-corrected chi connectivity index (χ2v) is 5.66. The minimum atomic E-state index is -0.707. The fourth-order valence-corrected chi connectivity index (χ4v) is 2.96. The fraction of sp³-hybridized carbons (Fsp3) is 0.909. The average Bonchev–Trinajstić information content (AvgIpc) is 2.50. The van der Waals surface area contributed by atoms with Crippen molar-refractivity contribution in [2.75, 3.05) is 5.75 Å². The van der Waals surface area contributed by atoms with Gasteiger partial charge in [-0.25, -0.2) is 0 Å². The highest BCUT2D eigenvalue weighted by Gasteiger charge is 2.26. The molecule has 3 nitrogen and oxygen atoms in total. The predicted octanol–water partition coefficient (Wildman–Crippen LogP) is 2.40. The fourth-order valence-electron chi connectivity index (χ4n) is 1.77. The van der Waals surface area contributed by atoms with Crippen molar-refractivity contribution in [3.05, 3.63) is 0 Å². The van der Waals surface area contributed by atoms with E-state index in [1.807, 2.05) is 13.8 Å². The van der Waals surface area contributed by atoms with E-state index in [2.05, 4.69) is 6.92 Å². The van der Waals surface area contributed by atoms with Crippen LogP contribution in [-0.4, -0.2) is 34.3 Å². The first-order valence-corrected chi connectivity index (χ1v) is 6.55. The van der Waals surface area contributed by atoms with Crippen LogP contribution in [-0.2, 0) is 9.53 Å². The zero-order chi connectivity index (χ0) is 11.4. The van der Waals surface area contributed by atoms with E-state index in [0.717, 1.165) is 18.6 Å². The van der Waals surface area contributed by atoms with Gasteiger partial charge in [-0.1, -0.05) is 13.8 Å². The summed E-state index contributed by atoms with van der Waals surface area (Å²) in [5, 5.41) is 8.71. The minimum Gasteiger partial charge on any atom is -0.480 e. The summed E-state index contributed by atoms with van der Waals surface area (Å²) >= 11 is 1.51. The van der Waals surface area contributed by atoms with Crippen molar-refractivity contribution >= 4 is 17.7 Å². The van der Waals surface area contributed by atoms with Crippen molar-refractivity contribution in [1.82, 2.24) is 0 Å². The number of hydrogen-bond acceptors (Lipinski definition) is 3. The molecule has 1 fully saturated rings. The number of hydrogen-bond donors (Lipinski definition) is 1. The number of aliphatic carboxylic acids is 1. The van der Waals surface area contributed by atoms with Crippen LogP contribution >= 0.6 is 11.8 Å². The molecule has 1 rings (SSSR count). The third-order valence-electron chi connectivity index (χ3n) is 2.63. The summed E-state index contributed by atoms with van der Waals surface area (Å²) in [5.41, 5.74) is 0. The number of carboxylic acids is 1. The molecule has 0 aromatic rings. The number of carbonyl (C=O) groups is 1. The standard InChI is InChI=1S/C11H20O3S/c1-7(2)10(11(12)13)15-6-9-5-4-8(3)14-9/h7-10H,4-6H2,1-3H3,(H,12,13). The molecule has 0 spiro atoms. The largest absolute Gasteiger partial charge is 0.480 e. The van der Waals surface area contributed by atoms with Gasteiger partial charge < -0.3 is 9.84 Å². The summed E-state index contributed by atoms with van der Waals surface area (Å²) in [6.07, 6.45) is 2.77. The minimum absolute atomic E-state index is 0.173. The first-order chi connectivity index (χ1) is 7.00. The monoisotopic (exact) mass is 232 g/mol. The highest BCUT2D eigenvalue weighted by molar-refractivity contribution is 8.00. The third kappa shape index (κ3) is 4.03. The van der Waals surface area contributed by atoms with Crippen molar-refractivity contribution in [3.8, 4) is 0 Å². The molecule has 4 heteroatoms. The van der Waals surface area contributed by atoms with Crippen LogP contribution in [0.4, 0.5) is 0 Å². The lowest BCUT2D eigenvalue weighted by Gasteiger charge is -2.18. The van der Waals surface area contributed by atoms with Gasteiger partial charge in [0.25, 0.3) is 0 Å². The lowest BCUT2D eigenvalue weighted by Crippen LogP contribution is -2.25. The van der Waals surface area contributed by atoms with Crippen LogP contribution in [0.3, 0.4) is 0 Å². The molecular weight excluding hydrogens is 212 g/mol. The molecule has 0 aromatic carbocycles. The van der Waals surface area contributed by atoms with Gasteiger partial charge in [-0.05, 0) is 25.7 Å². The van der Waals surface area contributed by atoms with Gasteiger partial charge in [0.15, 0.2) is 0 Å². The Labute approximate surface area is 95.6 Å². The topological polar surface area (TPSA) is 46.5 Å². The van der Waals surface area contributed by atoms with Crippen LogP contribution in [0.15, 0.2) is 0 Å². The summed E-state index contributed by atoms with van der Waals surface area (Å²) in [6.45, 7) is 5.97. The molecule has 0 amide bonds. The lowest BCUT2D eigenvalue weighted by molar-refractivity contribution is -0.137. The molecule has 0 saturated carbocycles. The van der Waals surface area contributed by atoms with E-state index in [-0.39, 0.29) is 17.3 Å².